The van der Waals surface area contributed by atoms with Crippen LogP contribution in [0.1, 0.15) is 0 Å². The van der Waals surface area contributed by atoms with Crippen molar-refractivity contribution in [1.29, 1.82) is 0 Å². The highest BCUT2D eigenvalue weighted by Crippen LogP contribution is 2.21. The van der Waals surface area contributed by atoms with Crippen LogP contribution in [0.5, 0.6) is 5.75 Å². The first-order valence-corrected chi connectivity index (χ1v) is 6.32. The molecular formula is C12H13N3O2S. The number of aromatic amines is 1. The Hall–Kier alpha value is -1.95. The number of aromatic nitrogens is 2. The van der Waals surface area contributed by atoms with Gasteiger partial charge in [0.2, 0.25) is 11.9 Å². The fourth-order valence-electron chi connectivity index (χ4n) is 1.32. The van der Waals surface area contributed by atoms with Gasteiger partial charge in [-0.05, 0) is 24.3 Å². The molecule has 0 aliphatic heterocycles. The van der Waals surface area contributed by atoms with Gasteiger partial charge in [0.15, 0.2) is 0 Å². The second kappa shape index (κ2) is 6.11. The topological polar surface area (TPSA) is 67.0 Å². The zero-order valence-corrected chi connectivity index (χ0v) is 10.7. The minimum Gasteiger partial charge on any atom is -0.497 e. The summed E-state index contributed by atoms with van der Waals surface area (Å²) in [4.78, 5) is 19.3. The average molecular weight is 263 g/mol. The lowest BCUT2D eigenvalue weighted by Crippen LogP contribution is -2.14. The molecular weight excluding hydrogens is 250 g/mol. The molecule has 0 unspecified atom stereocenters. The van der Waals surface area contributed by atoms with Crippen molar-refractivity contribution in [2.24, 2.45) is 0 Å². The number of hydrogen-bond acceptors (Lipinski definition) is 4. The number of nitrogens with zero attached hydrogens (tertiary/aromatic N) is 1. The number of anilines is 1. The number of amides is 1. The molecule has 94 valence electrons. The van der Waals surface area contributed by atoms with E-state index in [1.165, 1.54) is 11.8 Å². The van der Waals surface area contributed by atoms with E-state index >= 15 is 0 Å². The van der Waals surface area contributed by atoms with Gasteiger partial charge in [-0.25, -0.2) is 4.98 Å². The van der Waals surface area contributed by atoms with E-state index in [0.717, 1.165) is 10.6 Å². The van der Waals surface area contributed by atoms with E-state index in [-0.39, 0.29) is 5.91 Å². The van der Waals surface area contributed by atoms with Gasteiger partial charge in [0.05, 0.1) is 12.9 Å². The fraction of sp³-hybridized carbons (Fsp3) is 0.167. The number of carbonyl (C=O) groups excluding carboxylic acids is 1. The Morgan fingerprint density at radius 2 is 2.22 bits per heavy atom. The van der Waals surface area contributed by atoms with Gasteiger partial charge in [-0.15, -0.1) is 11.8 Å². The molecule has 0 fully saturated rings. The smallest absolute Gasteiger partial charge is 0.237 e. The van der Waals surface area contributed by atoms with Gasteiger partial charge in [0.25, 0.3) is 0 Å². The second-order valence-electron chi connectivity index (χ2n) is 3.45. The number of imidazole rings is 1. The largest absolute Gasteiger partial charge is 0.497 e. The van der Waals surface area contributed by atoms with Crippen molar-refractivity contribution in [3.8, 4) is 5.75 Å². The SMILES string of the molecule is COc1ccc(SCC(=O)Nc2ncc[nH]2)cc1. The number of nitrogens with one attached hydrogen (secondary N) is 2. The molecule has 0 atom stereocenters. The van der Waals surface area contributed by atoms with Crippen molar-refractivity contribution in [2.45, 2.75) is 4.90 Å². The maximum atomic E-state index is 11.6. The van der Waals surface area contributed by atoms with E-state index < -0.39 is 0 Å². The Morgan fingerprint density at radius 1 is 1.44 bits per heavy atom. The Labute approximate surface area is 109 Å². The molecule has 0 aliphatic rings. The molecule has 0 saturated heterocycles. The van der Waals surface area contributed by atoms with E-state index in [4.69, 9.17) is 4.74 Å². The molecule has 1 heterocycles. The van der Waals surface area contributed by atoms with E-state index in [9.17, 15) is 4.79 Å². The van der Waals surface area contributed by atoms with Gasteiger partial charge in [0.1, 0.15) is 5.75 Å². The summed E-state index contributed by atoms with van der Waals surface area (Å²) < 4.78 is 5.06. The van der Waals surface area contributed by atoms with E-state index in [1.807, 2.05) is 24.3 Å². The summed E-state index contributed by atoms with van der Waals surface area (Å²) in [5.41, 5.74) is 0. The summed E-state index contributed by atoms with van der Waals surface area (Å²) in [6.45, 7) is 0. The quantitative estimate of drug-likeness (QED) is 0.811. The van der Waals surface area contributed by atoms with E-state index in [2.05, 4.69) is 15.3 Å². The Kier molecular flexibility index (Phi) is 4.25. The van der Waals surface area contributed by atoms with Crippen LogP contribution >= 0.6 is 11.8 Å². The zero-order chi connectivity index (χ0) is 12.8. The minimum atomic E-state index is -0.0919. The third-order valence-electron chi connectivity index (χ3n) is 2.19. The van der Waals surface area contributed by atoms with Crippen molar-refractivity contribution >= 4 is 23.6 Å². The van der Waals surface area contributed by atoms with Crippen LogP contribution in [-0.4, -0.2) is 28.7 Å². The summed E-state index contributed by atoms with van der Waals surface area (Å²) >= 11 is 1.46. The Bertz CT molecular complexity index is 497. The summed E-state index contributed by atoms with van der Waals surface area (Å²) in [5.74, 6) is 1.52. The first-order chi connectivity index (χ1) is 8.78. The number of carbonyl (C=O) groups is 1. The molecule has 6 heteroatoms. The molecule has 2 rings (SSSR count). The van der Waals surface area contributed by atoms with E-state index in [1.54, 1.807) is 19.5 Å². The highest BCUT2D eigenvalue weighted by atomic mass is 32.2. The molecule has 2 N–H and O–H groups in total. The highest BCUT2D eigenvalue weighted by molar-refractivity contribution is 8.00. The molecule has 0 spiro atoms. The fourth-order valence-corrected chi connectivity index (χ4v) is 2.02. The molecule has 1 amide bonds. The Balaban J connectivity index is 1.81. The lowest BCUT2D eigenvalue weighted by atomic mass is 10.3. The number of methoxy groups -OCH3 is 1. The summed E-state index contributed by atoms with van der Waals surface area (Å²) in [6.07, 6.45) is 3.25. The molecule has 0 radical (unpaired) electrons. The second-order valence-corrected chi connectivity index (χ2v) is 4.50. The Morgan fingerprint density at radius 3 is 2.83 bits per heavy atom. The normalized spacial score (nSPS) is 10.1. The first-order valence-electron chi connectivity index (χ1n) is 5.34. The van der Waals surface area contributed by atoms with Crippen LogP contribution in [0.2, 0.25) is 0 Å². The highest BCUT2D eigenvalue weighted by Gasteiger charge is 2.04. The van der Waals surface area contributed by atoms with Crippen LogP contribution in [0.4, 0.5) is 5.95 Å². The van der Waals surface area contributed by atoms with Gasteiger partial charge in [0, 0.05) is 17.3 Å². The van der Waals surface area contributed by atoms with Gasteiger partial charge >= 0.3 is 0 Å². The van der Waals surface area contributed by atoms with Crippen LogP contribution in [-0.2, 0) is 4.79 Å². The molecule has 18 heavy (non-hydrogen) atoms. The number of H-pyrrole nitrogens is 1. The van der Waals surface area contributed by atoms with Crippen molar-refractivity contribution in [3.05, 3.63) is 36.7 Å². The van der Waals surface area contributed by atoms with Crippen LogP contribution in [0.15, 0.2) is 41.6 Å². The van der Waals surface area contributed by atoms with Gasteiger partial charge in [-0.1, -0.05) is 0 Å². The third kappa shape index (κ3) is 3.53. The number of benzene rings is 1. The molecule has 1 aromatic heterocycles. The van der Waals surface area contributed by atoms with Gasteiger partial charge in [-0.2, -0.15) is 0 Å². The predicted octanol–water partition coefficient (Wildman–Crippen LogP) is 2.15. The number of ether oxygens (including phenoxy) is 1. The number of hydrogen-bond donors (Lipinski definition) is 2. The lowest BCUT2D eigenvalue weighted by Gasteiger charge is -2.03. The maximum Gasteiger partial charge on any atom is 0.237 e. The van der Waals surface area contributed by atoms with Crippen LogP contribution in [0, 0.1) is 0 Å². The van der Waals surface area contributed by atoms with Gasteiger partial charge in [-0.3, -0.25) is 10.1 Å². The molecule has 0 bridgehead atoms. The zero-order valence-electron chi connectivity index (χ0n) is 9.84. The van der Waals surface area contributed by atoms with Crippen LogP contribution in [0.3, 0.4) is 0 Å². The van der Waals surface area contributed by atoms with E-state index in [0.29, 0.717) is 11.7 Å². The molecule has 1 aromatic carbocycles. The summed E-state index contributed by atoms with van der Waals surface area (Å²) in [5, 5.41) is 2.66. The summed E-state index contributed by atoms with van der Waals surface area (Å²) in [7, 11) is 1.62. The number of thioether (sulfide) groups is 1. The van der Waals surface area contributed by atoms with Gasteiger partial charge < -0.3 is 9.72 Å². The standard InChI is InChI=1S/C12H13N3O2S/c1-17-9-2-4-10(5-3-9)18-8-11(16)15-12-13-6-7-14-12/h2-7H,8H2,1H3,(H2,13,14,15,16). The monoisotopic (exact) mass is 263 g/mol. The molecule has 0 saturated carbocycles. The van der Waals surface area contributed by atoms with Crippen molar-refractivity contribution in [2.75, 3.05) is 18.2 Å². The molecule has 5 nitrogen and oxygen atoms in total. The van der Waals surface area contributed by atoms with Crippen molar-refractivity contribution in [3.63, 3.8) is 0 Å². The lowest BCUT2D eigenvalue weighted by molar-refractivity contribution is -0.113. The summed E-state index contributed by atoms with van der Waals surface area (Å²) in [6, 6.07) is 7.58. The van der Waals surface area contributed by atoms with Crippen LogP contribution < -0.4 is 10.1 Å². The number of rotatable bonds is 5. The first kappa shape index (κ1) is 12.5. The predicted molar refractivity (Wildman–Crippen MR) is 70.9 cm³/mol. The van der Waals surface area contributed by atoms with Crippen molar-refractivity contribution < 1.29 is 9.53 Å². The third-order valence-corrected chi connectivity index (χ3v) is 3.20. The molecule has 0 aliphatic carbocycles. The minimum absolute atomic E-state index is 0.0919. The van der Waals surface area contributed by atoms with Crippen LogP contribution in [0.25, 0.3) is 0 Å². The average Bonchev–Trinajstić information content (AvgIpc) is 2.90. The molecule has 2 aromatic rings. The van der Waals surface area contributed by atoms with Crippen molar-refractivity contribution in [1.82, 2.24) is 9.97 Å². The maximum absolute atomic E-state index is 11.6.